The number of carboxylic acids is 1. The van der Waals surface area contributed by atoms with E-state index in [0.29, 0.717) is 30.0 Å². The van der Waals surface area contributed by atoms with Gasteiger partial charge in [-0.15, -0.1) is 0 Å². The fraction of sp³-hybridized carbons (Fsp3) is 0.286. The lowest BCUT2D eigenvalue weighted by Gasteiger charge is -2.33. The minimum Gasteiger partial charge on any atom is -0.478 e. The van der Waals surface area contributed by atoms with Gasteiger partial charge in [-0.25, -0.2) is 4.79 Å². The molecule has 0 radical (unpaired) electrons. The van der Waals surface area contributed by atoms with E-state index in [-0.39, 0.29) is 18.4 Å². The summed E-state index contributed by atoms with van der Waals surface area (Å²) in [6.07, 6.45) is 0.308. The number of carbonyl (C=O) groups excluding carboxylic acids is 2. The Morgan fingerprint density at radius 3 is 2.71 bits per heavy atom. The van der Waals surface area contributed by atoms with Gasteiger partial charge in [-0.3, -0.25) is 9.59 Å². The molecule has 2 aliphatic rings. The molecule has 0 aromatic heterocycles. The number of anilines is 1. The Kier molecular flexibility index (Phi) is 4.73. The summed E-state index contributed by atoms with van der Waals surface area (Å²) in [5.74, 6) is -0.915. The summed E-state index contributed by atoms with van der Waals surface area (Å²) < 4.78 is 5.50. The van der Waals surface area contributed by atoms with Crippen molar-refractivity contribution in [1.29, 1.82) is 0 Å². The third-order valence-electron chi connectivity index (χ3n) is 5.01. The summed E-state index contributed by atoms with van der Waals surface area (Å²) in [4.78, 5) is 39.7. The van der Waals surface area contributed by atoms with E-state index in [9.17, 15) is 19.5 Å². The van der Waals surface area contributed by atoms with Gasteiger partial charge in [0.25, 0.3) is 5.91 Å². The van der Waals surface area contributed by atoms with E-state index in [2.05, 4.69) is 0 Å². The predicted octanol–water partition coefficient (Wildman–Crippen LogP) is 2.30. The van der Waals surface area contributed by atoms with Gasteiger partial charge >= 0.3 is 5.97 Å². The van der Waals surface area contributed by atoms with Crippen LogP contribution in [0, 0.1) is 0 Å². The molecule has 7 nitrogen and oxygen atoms in total. The van der Waals surface area contributed by atoms with Crippen molar-refractivity contribution < 1.29 is 24.2 Å². The maximum atomic E-state index is 13.2. The van der Waals surface area contributed by atoms with E-state index < -0.39 is 12.1 Å². The highest BCUT2D eigenvalue weighted by Gasteiger charge is 2.34. The number of nitrogens with zero attached hydrogens (tertiary/aromatic N) is 2. The predicted molar refractivity (Wildman–Crippen MR) is 101 cm³/mol. The summed E-state index contributed by atoms with van der Waals surface area (Å²) in [5, 5.41) is 9.36. The lowest BCUT2D eigenvalue weighted by Crippen LogP contribution is -2.47. The SMILES string of the molecule is O=C(O)C1CN(C(=O)c2cccc(CN3CCCC3=O)c2)c2ccccc2O1. The van der Waals surface area contributed by atoms with E-state index >= 15 is 0 Å². The van der Waals surface area contributed by atoms with E-state index in [0.717, 1.165) is 18.5 Å². The Morgan fingerprint density at radius 2 is 1.96 bits per heavy atom. The number of aliphatic carboxylic acids is 1. The van der Waals surface area contributed by atoms with Crippen molar-refractivity contribution in [2.45, 2.75) is 25.5 Å². The highest BCUT2D eigenvalue weighted by molar-refractivity contribution is 6.07. The van der Waals surface area contributed by atoms with Gasteiger partial charge in [-0.1, -0.05) is 24.3 Å². The molecule has 2 heterocycles. The normalized spacial score (nSPS) is 18.6. The van der Waals surface area contributed by atoms with Crippen molar-refractivity contribution in [1.82, 2.24) is 4.90 Å². The van der Waals surface area contributed by atoms with E-state index in [4.69, 9.17) is 4.74 Å². The quantitative estimate of drug-likeness (QED) is 0.880. The zero-order valence-electron chi connectivity index (χ0n) is 15.2. The molecule has 2 aromatic carbocycles. The van der Waals surface area contributed by atoms with Crippen molar-refractivity contribution in [2.24, 2.45) is 0 Å². The number of amides is 2. The van der Waals surface area contributed by atoms with Crippen molar-refractivity contribution in [2.75, 3.05) is 18.0 Å². The smallest absolute Gasteiger partial charge is 0.346 e. The van der Waals surface area contributed by atoms with Crippen LogP contribution in [-0.4, -0.2) is 47.0 Å². The summed E-state index contributed by atoms with van der Waals surface area (Å²) in [5.41, 5.74) is 1.87. The number of hydrogen-bond donors (Lipinski definition) is 1. The summed E-state index contributed by atoms with van der Waals surface area (Å²) in [6.45, 7) is 1.13. The second-order valence-electron chi connectivity index (χ2n) is 6.95. The van der Waals surface area contributed by atoms with E-state index in [1.165, 1.54) is 4.90 Å². The van der Waals surface area contributed by atoms with Gasteiger partial charge in [0.1, 0.15) is 5.75 Å². The van der Waals surface area contributed by atoms with Gasteiger partial charge < -0.3 is 19.6 Å². The van der Waals surface area contributed by atoms with Gasteiger partial charge in [0, 0.05) is 25.1 Å². The van der Waals surface area contributed by atoms with Crippen LogP contribution >= 0.6 is 0 Å². The molecular weight excluding hydrogens is 360 g/mol. The molecule has 144 valence electrons. The van der Waals surface area contributed by atoms with E-state index in [1.807, 2.05) is 6.07 Å². The van der Waals surface area contributed by atoms with Crippen molar-refractivity contribution in [3.63, 3.8) is 0 Å². The number of likely N-dealkylation sites (tertiary alicyclic amines) is 1. The highest BCUT2D eigenvalue weighted by Crippen LogP contribution is 2.34. The van der Waals surface area contributed by atoms with Crippen LogP contribution in [0.25, 0.3) is 0 Å². The second-order valence-corrected chi connectivity index (χ2v) is 6.95. The third-order valence-corrected chi connectivity index (χ3v) is 5.01. The van der Waals surface area contributed by atoms with E-state index in [1.54, 1.807) is 47.4 Å². The molecular formula is C21H20N2O5. The molecule has 2 aliphatic heterocycles. The van der Waals surface area contributed by atoms with Crippen LogP contribution in [0.2, 0.25) is 0 Å². The standard InChI is InChI=1S/C21H20N2O5/c24-19-9-4-10-22(19)12-14-5-3-6-15(11-14)20(25)23-13-18(21(26)27)28-17-8-2-1-7-16(17)23/h1-3,5-8,11,18H,4,9-10,12-13H2,(H,26,27). The highest BCUT2D eigenvalue weighted by atomic mass is 16.5. The number of fused-ring (bicyclic) bond motifs is 1. The van der Waals surface area contributed by atoms with Gasteiger partial charge in [0.2, 0.25) is 12.0 Å². The minimum absolute atomic E-state index is 0.0694. The van der Waals surface area contributed by atoms with Crippen LogP contribution in [0.3, 0.4) is 0 Å². The van der Waals surface area contributed by atoms with Crippen LogP contribution < -0.4 is 9.64 Å². The Balaban J connectivity index is 1.61. The number of hydrogen-bond acceptors (Lipinski definition) is 4. The summed E-state index contributed by atoms with van der Waals surface area (Å²) in [6, 6.07) is 14.0. The summed E-state index contributed by atoms with van der Waals surface area (Å²) in [7, 11) is 0. The minimum atomic E-state index is -1.12. The van der Waals surface area contributed by atoms with Crippen LogP contribution in [0.4, 0.5) is 5.69 Å². The first-order valence-electron chi connectivity index (χ1n) is 9.20. The number of para-hydroxylation sites is 2. The largest absolute Gasteiger partial charge is 0.478 e. The fourth-order valence-corrected chi connectivity index (χ4v) is 3.61. The first kappa shape index (κ1) is 18.0. The lowest BCUT2D eigenvalue weighted by atomic mass is 10.1. The Labute approximate surface area is 162 Å². The zero-order chi connectivity index (χ0) is 19.7. The zero-order valence-corrected chi connectivity index (χ0v) is 15.2. The summed E-state index contributed by atoms with van der Waals surface area (Å²) >= 11 is 0. The molecule has 0 spiro atoms. The maximum absolute atomic E-state index is 13.2. The van der Waals surface area contributed by atoms with Crippen LogP contribution in [0.5, 0.6) is 5.75 Å². The number of carboxylic acid groups (broad SMARTS) is 1. The van der Waals surface area contributed by atoms with Gasteiger partial charge in [-0.05, 0) is 36.2 Å². The van der Waals surface area contributed by atoms with Gasteiger partial charge in [0.05, 0.1) is 12.2 Å². The number of rotatable bonds is 4. The second kappa shape index (κ2) is 7.34. The first-order chi connectivity index (χ1) is 13.5. The van der Waals surface area contributed by atoms with Crippen molar-refractivity contribution >= 4 is 23.5 Å². The molecule has 1 fully saturated rings. The molecule has 2 aromatic rings. The number of carbonyl (C=O) groups is 3. The molecule has 1 saturated heterocycles. The Hall–Kier alpha value is -3.35. The molecule has 1 N–H and O–H groups in total. The van der Waals surface area contributed by atoms with Crippen LogP contribution in [-0.2, 0) is 16.1 Å². The molecule has 7 heteroatoms. The molecule has 28 heavy (non-hydrogen) atoms. The first-order valence-corrected chi connectivity index (χ1v) is 9.20. The van der Waals surface area contributed by atoms with Crippen molar-refractivity contribution in [3.8, 4) is 5.75 Å². The average molecular weight is 380 g/mol. The van der Waals surface area contributed by atoms with Gasteiger partial charge in [0.15, 0.2) is 0 Å². The molecule has 2 amide bonds. The molecule has 0 aliphatic carbocycles. The molecule has 1 unspecified atom stereocenters. The van der Waals surface area contributed by atoms with Gasteiger partial charge in [-0.2, -0.15) is 0 Å². The fourth-order valence-electron chi connectivity index (χ4n) is 3.61. The van der Waals surface area contributed by atoms with Crippen LogP contribution in [0.15, 0.2) is 48.5 Å². The number of ether oxygens (including phenoxy) is 1. The Morgan fingerprint density at radius 1 is 1.14 bits per heavy atom. The average Bonchev–Trinajstić information content (AvgIpc) is 3.11. The maximum Gasteiger partial charge on any atom is 0.346 e. The Bertz CT molecular complexity index is 942. The topological polar surface area (TPSA) is 87.2 Å². The molecule has 1 atom stereocenters. The molecule has 0 saturated carbocycles. The molecule has 4 rings (SSSR count). The van der Waals surface area contributed by atoms with Crippen molar-refractivity contribution in [3.05, 3.63) is 59.7 Å². The number of benzene rings is 2. The monoisotopic (exact) mass is 380 g/mol. The van der Waals surface area contributed by atoms with Crippen LogP contribution in [0.1, 0.15) is 28.8 Å². The molecule has 0 bridgehead atoms. The lowest BCUT2D eigenvalue weighted by molar-refractivity contribution is -0.144. The third kappa shape index (κ3) is 3.43.